The van der Waals surface area contributed by atoms with Gasteiger partial charge in [0.05, 0.1) is 12.1 Å². The van der Waals surface area contributed by atoms with Crippen molar-refractivity contribution in [3.63, 3.8) is 0 Å². The van der Waals surface area contributed by atoms with Gasteiger partial charge in [-0.1, -0.05) is 30.3 Å². The van der Waals surface area contributed by atoms with Gasteiger partial charge in [0.25, 0.3) is 0 Å². The number of anilines is 1. The minimum atomic E-state index is -0.496. The second kappa shape index (κ2) is 7.84. The molecule has 0 spiro atoms. The van der Waals surface area contributed by atoms with Gasteiger partial charge in [0.15, 0.2) is 5.82 Å². The molecular weight excluding hydrogens is 336 g/mol. The molecule has 27 heavy (non-hydrogen) atoms. The third kappa shape index (κ3) is 3.98. The molecule has 0 saturated carbocycles. The molecule has 2 heterocycles. The topological polar surface area (TPSA) is 70.9 Å². The van der Waals surface area contributed by atoms with Crippen LogP contribution in [0.25, 0.3) is 11.4 Å². The van der Waals surface area contributed by atoms with Crippen LogP contribution in [0.15, 0.2) is 54.9 Å². The molecular formula is C22H24N4O. The highest BCUT2D eigenvalue weighted by Gasteiger charge is 2.23. The number of hydrogen-bond donors (Lipinski definition) is 2. The molecule has 5 heteroatoms. The summed E-state index contributed by atoms with van der Waals surface area (Å²) in [7, 11) is 0. The van der Waals surface area contributed by atoms with Crippen molar-refractivity contribution in [2.24, 2.45) is 0 Å². The van der Waals surface area contributed by atoms with Crippen LogP contribution in [0.3, 0.4) is 0 Å². The summed E-state index contributed by atoms with van der Waals surface area (Å²) in [5.74, 6) is 1.56. The van der Waals surface area contributed by atoms with Gasteiger partial charge in [0.1, 0.15) is 5.82 Å². The average Bonchev–Trinajstić information content (AvgIpc) is 3.18. The fourth-order valence-electron chi connectivity index (χ4n) is 3.53. The fourth-order valence-corrected chi connectivity index (χ4v) is 3.53. The third-order valence-corrected chi connectivity index (χ3v) is 5.10. The van der Waals surface area contributed by atoms with E-state index in [4.69, 9.17) is 9.97 Å². The molecule has 0 radical (unpaired) electrons. The Balaban J connectivity index is 1.57. The largest absolute Gasteiger partial charge is 0.391 e. The van der Waals surface area contributed by atoms with Crippen molar-refractivity contribution < 1.29 is 5.11 Å². The fraction of sp³-hybridized carbons (Fsp3) is 0.318. The number of nitrogens with one attached hydrogen (secondary N) is 1. The Kier molecular flexibility index (Phi) is 5.12. The molecule has 3 aromatic rings. The Labute approximate surface area is 159 Å². The van der Waals surface area contributed by atoms with Gasteiger partial charge >= 0.3 is 0 Å². The van der Waals surface area contributed by atoms with Crippen LogP contribution in [0, 0.1) is 0 Å². The zero-order valence-corrected chi connectivity index (χ0v) is 15.5. The number of aliphatic hydroxyl groups excluding tert-OH is 1. The first-order chi connectivity index (χ1) is 13.2. The highest BCUT2D eigenvalue weighted by molar-refractivity contribution is 5.60. The monoisotopic (exact) mass is 360 g/mol. The number of fused-ring (bicyclic) bond motifs is 1. The van der Waals surface area contributed by atoms with Gasteiger partial charge in [0.2, 0.25) is 0 Å². The first-order valence-electron chi connectivity index (χ1n) is 9.49. The third-order valence-electron chi connectivity index (χ3n) is 5.10. The lowest BCUT2D eigenvalue weighted by molar-refractivity contribution is 0.158. The summed E-state index contributed by atoms with van der Waals surface area (Å²) in [4.78, 5) is 13.6. The number of benzene rings is 1. The number of aromatic nitrogens is 3. The van der Waals surface area contributed by atoms with Crippen molar-refractivity contribution in [2.45, 2.75) is 44.8 Å². The summed E-state index contributed by atoms with van der Waals surface area (Å²) in [6, 6.07) is 13.8. The molecule has 2 unspecified atom stereocenters. The molecule has 1 aliphatic carbocycles. The van der Waals surface area contributed by atoms with E-state index in [9.17, 15) is 5.11 Å². The summed E-state index contributed by atoms with van der Waals surface area (Å²) in [5.41, 5.74) is 4.39. The second-order valence-electron chi connectivity index (χ2n) is 7.10. The lowest BCUT2D eigenvalue weighted by Crippen LogP contribution is -2.33. The van der Waals surface area contributed by atoms with E-state index >= 15 is 0 Å². The standard InChI is InChI=1S/C22H24N4O/c1-15(20(27)14-16-6-3-2-4-7-16)24-22-18-8-5-9-19(18)25-21(26-22)17-10-12-23-13-11-17/h2-4,6-7,10-13,15,20,27H,5,8-9,14H2,1H3,(H,24,25,26). The van der Waals surface area contributed by atoms with E-state index in [1.54, 1.807) is 12.4 Å². The van der Waals surface area contributed by atoms with Gasteiger partial charge in [-0.05, 0) is 43.9 Å². The van der Waals surface area contributed by atoms with Crippen LogP contribution in [-0.4, -0.2) is 32.2 Å². The Morgan fingerprint density at radius 2 is 1.81 bits per heavy atom. The van der Waals surface area contributed by atoms with Gasteiger partial charge < -0.3 is 10.4 Å². The van der Waals surface area contributed by atoms with Crippen LogP contribution in [0.1, 0.15) is 30.2 Å². The molecule has 5 nitrogen and oxygen atoms in total. The second-order valence-corrected chi connectivity index (χ2v) is 7.10. The molecule has 0 amide bonds. The number of aryl methyl sites for hydroxylation is 1. The molecule has 2 aromatic heterocycles. The van der Waals surface area contributed by atoms with E-state index < -0.39 is 6.10 Å². The molecule has 1 aromatic carbocycles. The Bertz CT molecular complexity index is 899. The van der Waals surface area contributed by atoms with Crippen molar-refractivity contribution in [1.29, 1.82) is 0 Å². The minimum Gasteiger partial charge on any atom is -0.391 e. The smallest absolute Gasteiger partial charge is 0.161 e. The maximum Gasteiger partial charge on any atom is 0.161 e. The minimum absolute atomic E-state index is 0.116. The van der Waals surface area contributed by atoms with Crippen LogP contribution in [0.4, 0.5) is 5.82 Å². The number of hydrogen-bond acceptors (Lipinski definition) is 5. The van der Waals surface area contributed by atoms with Crippen molar-refractivity contribution in [3.05, 3.63) is 71.7 Å². The number of rotatable bonds is 6. The van der Waals surface area contributed by atoms with E-state index in [0.717, 1.165) is 41.9 Å². The SMILES string of the molecule is CC(Nc1nc(-c2ccncc2)nc2c1CCC2)C(O)Cc1ccccc1. The quantitative estimate of drug-likeness (QED) is 0.705. The Hall–Kier alpha value is -2.79. The van der Waals surface area contributed by atoms with Crippen molar-refractivity contribution in [1.82, 2.24) is 15.0 Å². The van der Waals surface area contributed by atoms with Crippen LogP contribution in [0.2, 0.25) is 0 Å². The molecule has 0 aliphatic heterocycles. The molecule has 0 saturated heterocycles. The maximum absolute atomic E-state index is 10.7. The predicted molar refractivity (Wildman–Crippen MR) is 107 cm³/mol. The van der Waals surface area contributed by atoms with E-state index in [1.165, 1.54) is 5.56 Å². The zero-order valence-electron chi connectivity index (χ0n) is 15.5. The molecule has 0 fully saturated rings. The van der Waals surface area contributed by atoms with Crippen molar-refractivity contribution in [3.8, 4) is 11.4 Å². The molecule has 138 valence electrons. The summed E-state index contributed by atoms with van der Waals surface area (Å²) in [6.45, 7) is 2.00. The van der Waals surface area contributed by atoms with Gasteiger partial charge in [-0.3, -0.25) is 4.98 Å². The van der Waals surface area contributed by atoms with Gasteiger partial charge in [-0.15, -0.1) is 0 Å². The van der Waals surface area contributed by atoms with Gasteiger partial charge in [-0.2, -0.15) is 0 Å². The maximum atomic E-state index is 10.7. The first kappa shape index (κ1) is 17.6. The lowest BCUT2D eigenvalue weighted by Gasteiger charge is -2.22. The van der Waals surface area contributed by atoms with Crippen molar-refractivity contribution >= 4 is 5.82 Å². The van der Waals surface area contributed by atoms with Crippen molar-refractivity contribution in [2.75, 3.05) is 5.32 Å². The molecule has 2 N–H and O–H groups in total. The van der Waals surface area contributed by atoms with Crippen LogP contribution in [0.5, 0.6) is 0 Å². The summed E-state index contributed by atoms with van der Waals surface area (Å²) in [6.07, 6.45) is 6.68. The van der Waals surface area contributed by atoms with E-state index in [1.807, 2.05) is 49.4 Å². The first-order valence-corrected chi connectivity index (χ1v) is 9.49. The average molecular weight is 360 g/mol. The highest BCUT2D eigenvalue weighted by Crippen LogP contribution is 2.29. The number of pyridine rings is 1. The zero-order chi connectivity index (χ0) is 18.6. The summed E-state index contributed by atoms with van der Waals surface area (Å²) < 4.78 is 0. The van der Waals surface area contributed by atoms with Crippen LogP contribution < -0.4 is 5.32 Å². The normalized spacial score (nSPS) is 15.2. The number of nitrogens with zero attached hydrogens (tertiary/aromatic N) is 3. The van der Waals surface area contributed by atoms with E-state index in [-0.39, 0.29) is 6.04 Å². The predicted octanol–water partition coefficient (Wildman–Crippen LogP) is 3.43. The molecule has 0 bridgehead atoms. The Morgan fingerprint density at radius 1 is 1.04 bits per heavy atom. The molecule has 2 atom stereocenters. The van der Waals surface area contributed by atoms with E-state index in [0.29, 0.717) is 12.2 Å². The van der Waals surface area contributed by atoms with E-state index in [2.05, 4.69) is 10.3 Å². The summed E-state index contributed by atoms with van der Waals surface area (Å²) in [5, 5.41) is 14.1. The highest BCUT2D eigenvalue weighted by atomic mass is 16.3. The molecule has 1 aliphatic rings. The van der Waals surface area contributed by atoms with Crippen LogP contribution in [-0.2, 0) is 19.3 Å². The van der Waals surface area contributed by atoms with Gasteiger partial charge in [0, 0.05) is 35.6 Å². The molecule has 4 rings (SSSR count). The van der Waals surface area contributed by atoms with Gasteiger partial charge in [-0.25, -0.2) is 9.97 Å². The summed E-state index contributed by atoms with van der Waals surface area (Å²) >= 11 is 0. The lowest BCUT2D eigenvalue weighted by atomic mass is 10.0. The number of aliphatic hydroxyl groups is 1. The Morgan fingerprint density at radius 3 is 2.59 bits per heavy atom. The van der Waals surface area contributed by atoms with Crippen LogP contribution >= 0.6 is 0 Å².